The Balaban J connectivity index is 2.25. The summed E-state index contributed by atoms with van der Waals surface area (Å²) in [5.74, 6) is -0.0464. The maximum atomic E-state index is 12.6. The molecule has 0 saturated carbocycles. The van der Waals surface area contributed by atoms with Crippen LogP contribution in [0.4, 0.5) is 5.69 Å². The van der Waals surface area contributed by atoms with Crippen molar-refractivity contribution < 1.29 is 14.3 Å². The Hall–Kier alpha value is -2.54. The summed E-state index contributed by atoms with van der Waals surface area (Å²) in [5.41, 5.74) is 0.859. The van der Waals surface area contributed by atoms with Crippen molar-refractivity contribution in [1.29, 1.82) is 0 Å². The van der Waals surface area contributed by atoms with Crippen LogP contribution in [0.1, 0.15) is 34.7 Å². The van der Waals surface area contributed by atoms with Gasteiger partial charge in [0.05, 0.1) is 24.6 Å². The van der Waals surface area contributed by atoms with E-state index >= 15 is 0 Å². The van der Waals surface area contributed by atoms with E-state index in [1.165, 1.54) is 24.1 Å². The number of methoxy groups -OCH3 is 1. The second kappa shape index (κ2) is 8.02. The normalized spacial score (nSPS) is 10.6. The molecule has 0 aliphatic carbocycles. The first-order valence-electron chi connectivity index (χ1n) is 7.78. The van der Waals surface area contributed by atoms with Gasteiger partial charge in [0.1, 0.15) is 11.4 Å². The van der Waals surface area contributed by atoms with Crippen LogP contribution in [0.3, 0.4) is 0 Å². The molecule has 0 bridgehead atoms. The number of aryl methyl sites for hydroxylation is 1. The molecular formula is C17H21ClN4O3. The fourth-order valence-electron chi connectivity index (χ4n) is 2.23. The molecule has 134 valence electrons. The standard InChI is InChI=1S/C17H21ClN4O3/c1-10(2)8-19-17(24)15-13(9-20-22(15)3)21-16(23)12-7-11(18)5-6-14(12)25-4/h5-7,9-10H,8H2,1-4H3,(H,19,24)(H,21,23). The molecule has 0 unspecified atom stereocenters. The first kappa shape index (κ1) is 18.8. The smallest absolute Gasteiger partial charge is 0.271 e. The van der Waals surface area contributed by atoms with Crippen molar-refractivity contribution in [3.05, 3.63) is 40.7 Å². The van der Waals surface area contributed by atoms with Gasteiger partial charge in [-0.3, -0.25) is 14.3 Å². The van der Waals surface area contributed by atoms with Crippen LogP contribution in [0, 0.1) is 5.92 Å². The van der Waals surface area contributed by atoms with Crippen LogP contribution < -0.4 is 15.4 Å². The molecule has 2 amide bonds. The Labute approximate surface area is 151 Å². The van der Waals surface area contributed by atoms with Gasteiger partial charge in [-0.05, 0) is 24.1 Å². The molecule has 2 rings (SSSR count). The number of carbonyl (C=O) groups excluding carboxylic acids is 2. The summed E-state index contributed by atoms with van der Waals surface area (Å²) in [6.07, 6.45) is 1.43. The van der Waals surface area contributed by atoms with E-state index in [1.807, 2.05) is 13.8 Å². The predicted molar refractivity (Wildman–Crippen MR) is 96.3 cm³/mol. The van der Waals surface area contributed by atoms with Gasteiger partial charge in [-0.1, -0.05) is 25.4 Å². The third kappa shape index (κ3) is 4.51. The fourth-order valence-corrected chi connectivity index (χ4v) is 2.40. The highest BCUT2D eigenvalue weighted by molar-refractivity contribution is 6.31. The Kier molecular flexibility index (Phi) is 6.03. The average molecular weight is 365 g/mol. The van der Waals surface area contributed by atoms with E-state index in [2.05, 4.69) is 15.7 Å². The summed E-state index contributed by atoms with van der Waals surface area (Å²) in [4.78, 5) is 25.0. The van der Waals surface area contributed by atoms with Gasteiger partial charge in [0.25, 0.3) is 11.8 Å². The third-order valence-corrected chi connectivity index (χ3v) is 3.71. The van der Waals surface area contributed by atoms with E-state index in [1.54, 1.807) is 19.2 Å². The Morgan fingerprint density at radius 3 is 2.68 bits per heavy atom. The van der Waals surface area contributed by atoms with Gasteiger partial charge in [0.15, 0.2) is 0 Å². The Morgan fingerprint density at radius 1 is 1.32 bits per heavy atom. The van der Waals surface area contributed by atoms with Gasteiger partial charge >= 0.3 is 0 Å². The number of halogens is 1. The fraction of sp³-hybridized carbons (Fsp3) is 0.353. The summed E-state index contributed by atoms with van der Waals surface area (Å²) in [6.45, 7) is 4.52. The van der Waals surface area contributed by atoms with Gasteiger partial charge in [-0.2, -0.15) is 5.10 Å². The SMILES string of the molecule is COc1ccc(Cl)cc1C(=O)Nc1cnn(C)c1C(=O)NCC(C)C. The Bertz CT molecular complexity index is 786. The number of aromatic nitrogens is 2. The van der Waals surface area contributed by atoms with Crippen molar-refractivity contribution in [3.63, 3.8) is 0 Å². The molecule has 0 fully saturated rings. The minimum atomic E-state index is -0.440. The highest BCUT2D eigenvalue weighted by Gasteiger charge is 2.21. The number of carbonyl (C=O) groups is 2. The van der Waals surface area contributed by atoms with Crippen molar-refractivity contribution in [2.45, 2.75) is 13.8 Å². The predicted octanol–water partition coefficient (Wildman–Crippen LogP) is 2.72. The zero-order valence-electron chi connectivity index (χ0n) is 14.6. The molecule has 2 N–H and O–H groups in total. The summed E-state index contributed by atoms with van der Waals surface area (Å²) in [5, 5.41) is 9.97. The monoisotopic (exact) mass is 364 g/mol. The van der Waals surface area contributed by atoms with Crippen molar-refractivity contribution in [2.24, 2.45) is 13.0 Å². The van der Waals surface area contributed by atoms with Gasteiger partial charge in [0.2, 0.25) is 0 Å². The van der Waals surface area contributed by atoms with Crippen LogP contribution in [0.2, 0.25) is 5.02 Å². The first-order valence-corrected chi connectivity index (χ1v) is 8.16. The minimum absolute atomic E-state index is 0.271. The highest BCUT2D eigenvalue weighted by Crippen LogP contribution is 2.24. The van der Waals surface area contributed by atoms with E-state index in [4.69, 9.17) is 16.3 Å². The van der Waals surface area contributed by atoms with Crippen LogP contribution in [0.25, 0.3) is 0 Å². The lowest BCUT2D eigenvalue weighted by Gasteiger charge is -2.12. The van der Waals surface area contributed by atoms with Gasteiger partial charge in [-0.25, -0.2) is 0 Å². The molecule has 0 aliphatic rings. The van der Waals surface area contributed by atoms with Crippen LogP contribution in [-0.4, -0.2) is 35.2 Å². The second-order valence-electron chi connectivity index (χ2n) is 5.93. The molecule has 25 heavy (non-hydrogen) atoms. The van der Waals surface area contributed by atoms with E-state index in [-0.39, 0.29) is 17.2 Å². The molecule has 0 saturated heterocycles. The Morgan fingerprint density at radius 2 is 2.04 bits per heavy atom. The molecule has 1 aromatic heterocycles. The summed E-state index contributed by atoms with van der Waals surface area (Å²) < 4.78 is 6.60. The van der Waals surface area contributed by atoms with Crippen LogP contribution >= 0.6 is 11.6 Å². The van der Waals surface area contributed by atoms with Gasteiger partial charge < -0.3 is 15.4 Å². The number of ether oxygens (including phenoxy) is 1. The number of hydrogen-bond donors (Lipinski definition) is 2. The molecule has 1 heterocycles. The zero-order valence-corrected chi connectivity index (χ0v) is 15.3. The second-order valence-corrected chi connectivity index (χ2v) is 6.37. The quantitative estimate of drug-likeness (QED) is 0.825. The van der Waals surface area contributed by atoms with Crippen molar-refractivity contribution in [3.8, 4) is 5.75 Å². The molecule has 0 atom stereocenters. The molecule has 1 aromatic carbocycles. The molecule has 8 heteroatoms. The number of amides is 2. The van der Waals surface area contributed by atoms with Crippen molar-refractivity contribution in [1.82, 2.24) is 15.1 Å². The molecule has 0 spiro atoms. The van der Waals surface area contributed by atoms with Crippen molar-refractivity contribution in [2.75, 3.05) is 19.0 Å². The van der Waals surface area contributed by atoms with E-state index in [0.29, 0.717) is 28.9 Å². The summed E-state index contributed by atoms with van der Waals surface area (Å²) in [7, 11) is 3.11. The maximum Gasteiger partial charge on any atom is 0.271 e. The largest absolute Gasteiger partial charge is 0.496 e. The number of anilines is 1. The van der Waals surface area contributed by atoms with E-state index in [9.17, 15) is 9.59 Å². The molecule has 0 radical (unpaired) electrons. The number of hydrogen-bond acceptors (Lipinski definition) is 4. The number of rotatable bonds is 6. The summed E-state index contributed by atoms with van der Waals surface area (Å²) >= 11 is 5.96. The van der Waals surface area contributed by atoms with Gasteiger partial charge in [0, 0.05) is 18.6 Å². The van der Waals surface area contributed by atoms with E-state index < -0.39 is 5.91 Å². The molecule has 7 nitrogen and oxygen atoms in total. The lowest BCUT2D eigenvalue weighted by atomic mass is 10.1. The minimum Gasteiger partial charge on any atom is -0.496 e. The van der Waals surface area contributed by atoms with Crippen LogP contribution in [-0.2, 0) is 7.05 Å². The summed E-state index contributed by atoms with van der Waals surface area (Å²) in [6, 6.07) is 4.74. The third-order valence-electron chi connectivity index (χ3n) is 3.48. The average Bonchev–Trinajstić information content (AvgIpc) is 2.93. The van der Waals surface area contributed by atoms with Gasteiger partial charge in [-0.15, -0.1) is 0 Å². The topological polar surface area (TPSA) is 85.2 Å². The highest BCUT2D eigenvalue weighted by atomic mass is 35.5. The van der Waals surface area contributed by atoms with E-state index in [0.717, 1.165) is 0 Å². The van der Waals surface area contributed by atoms with Crippen LogP contribution in [0.15, 0.2) is 24.4 Å². The molecular weight excluding hydrogens is 344 g/mol. The lowest BCUT2D eigenvalue weighted by Crippen LogP contribution is -2.30. The first-order chi connectivity index (χ1) is 11.8. The van der Waals surface area contributed by atoms with Crippen molar-refractivity contribution >= 4 is 29.1 Å². The lowest BCUT2D eigenvalue weighted by molar-refractivity contribution is 0.0940. The number of nitrogens with one attached hydrogen (secondary N) is 2. The van der Waals surface area contributed by atoms with Crippen LogP contribution in [0.5, 0.6) is 5.75 Å². The maximum absolute atomic E-state index is 12.6. The zero-order chi connectivity index (χ0) is 18.6. The number of nitrogens with zero attached hydrogens (tertiary/aromatic N) is 2. The molecule has 0 aliphatic heterocycles. The molecule has 2 aromatic rings. The number of benzene rings is 1.